The summed E-state index contributed by atoms with van der Waals surface area (Å²) in [6, 6.07) is 8.72. The summed E-state index contributed by atoms with van der Waals surface area (Å²) in [5.41, 5.74) is 5.70. The van der Waals surface area contributed by atoms with Crippen LogP contribution in [-0.2, 0) is 6.54 Å². The standard InChI is InChI=1S/C22H28N6O/c1-15-5-7-18(8-6-15)14-28-17(3)19(16(2)25-28)9-10-21-24-22(26-29-21)20-13-23-11-12-27(20)4/h5-10,20,23H,11-14H2,1-4H3/b10-9+. The fourth-order valence-corrected chi connectivity index (χ4v) is 3.67. The summed E-state index contributed by atoms with van der Waals surface area (Å²) in [6.07, 6.45) is 3.89. The van der Waals surface area contributed by atoms with Gasteiger partial charge in [0.25, 0.3) is 5.89 Å². The van der Waals surface area contributed by atoms with Crippen molar-refractivity contribution in [2.75, 3.05) is 26.7 Å². The molecule has 1 fully saturated rings. The fraction of sp³-hybridized carbons (Fsp3) is 0.409. The Labute approximate surface area is 171 Å². The molecule has 2 aromatic heterocycles. The van der Waals surface area contributed by atoms with E-state index in [0.29, 0.717) is 5.89 Å². The molecule has 0 radical (unpaired) electrons. The van der Waals surface area contributed by atoms with Crippen LogP contribution in [0.25, 0.3) is 12.2 Å². The van der Waals surface area contributed by atoms with Crippen molar-refractivity contribution in [2.24, 2.45) is 0 Å². The van der Waals surface area contributed by atoms with Crippen molar-refractivity contribution in [3.63, 3.8) is 0 Å². The van der Waals surface area contributed by atoms with E-state index in [4.69, 9.17) is 9.62 Å². The zero-order valence-electron chi connectivity index (χ0n) is 17.5. The molecule has 0 saturated carbocycles. The van der Waals surface area contributed by atoms with Crippen LogP contribution in [0.5, 0.6) is 0 Å². The Morgan fingerprint density at radius 3 is 2.72 bits per heavy atom. The lowest BCUT2D eigenvalue weighted by molar-refractivity contribution is 0.190. The van der Waals surface area contributed by atoms with Crippen molar-refractivity contribution < 1.29 is 4.52 Å². The van der Waals surface area contributed by atoms with Crippen LogP contribution in [-0.4, -0.2) is 51.5 Å². The van der Waals surface area contributed by atoms with Gasteiger partial charge in [-0.1, -0.05) is 35.0 Å². The Morgan fingerprint density at radius 2 is 1.97 bits per heavy atom. The molecule has 0 amide bonds. The van der Waals surface area contributed by atoms with Crippen molar-refractivity contribution >= 4 is 12.2 Å². The van der Waals surface area contributed by atoms with Gasteiger partial charge >= 0.3 is 0 Å². The largest absolute Gasteiger partial charge is 0.335 e. The number of benzene rings is 1. The highest BCUT2D eigenvalue weighted by molar-refractivity contribution is 5.68. The van der Waals surface area contributed by atoms with E-state index >= 15 is 0 Å². The highest BCUT2D eigenvalue weighted by Gasteiger charge is 2.24. The Bertz CT molecular complexity index is 1000. The molecule has 1 aliphatic rings. The second-order valence-electron chi connectivity index (χ2n) is 7.75. The molecular formula is C22H28N6O. The number of aryl methyl sites for hydroxylation is 2. The smallest absolute Gasteiger partial charge is 0.250 e. The molecule has 7 nitrogen and oxygen atoms in total. The van der Waals surface area contributed by atoms with Gasteiger partial charge in [-0.3, -0.25) is 9.58 Å². The average molecular weight is 393 g/mol. The van der Waals surface area contributed by atoms with Gasteiger partial charge in [-0.05, 0) is 39.5 Å². The summed E-state index contributed by atoms with van der Waals surface area (Å²) in [4.78, 5) is 6.82. The molecule has 0 bridgehead atoms. The molecule has 1 saturated heterocycles. The molecule has 7 heteroatoms. The third-order valence-electron chi connectivity index (χ3n) is 5.55. The fourth-order valence-electron chi connectivity index (χ4n) is 3.67. The van der Waals surface area contributed by atoms with Crippen molar-refractivity contribution in [2.45, 2.75) is 33.4 Å². The lowest BCUT2D eigenvalue weighted by Crippen LogP contribution is -2.44. The first kappa shape index (κ1) is 19.5. The first-order valence-electron chi connectivity index (χ1n) is 10.0. The molecule has 152 valence electrons. The Balaban J connectivity index is 1.50. The first-order valence-corrected chi connectivity index (χ1v) is 10.0. The van der Waals surface area contributed by atoms with Gasteiger partial charge in [-0.25, -0.2) is 0 Å². The van der Waals surface area contributed by atoms with E-state index in [0.717, 1.165) is 49.0 Å². The highest BCUT2D eigenvalue weighted by Crippen LogP contribution is 2.20. The van der Waals surface area contributed by atoms with E-state index in [1.165, 1.54) is 11.1 Å². The van der Waals surface area contributed by atoms with Crippen molar-refractivity contribution in [3.05, 3.63) is 64.1 Å². The summed E-state index contributed by atoms with van der Waals surface area (Å²) in [5.74, 6) is 1.24. The van der Waals surface area contributed by atoms with Crippen LogP contribution in [0, 0.1) is 20.8 Å². The summed E-state index contributed by atoms with van der Waals surface area (Å²) in [5, 5.41) is 12.3. The number of piperazine rings is 1. The SMILES string of the molecule is Cc1ccc(Cn2nc(C)c(/C=C/c3nc(C4CNCCN4C)no3)c2C)cc1. The lowest BCUT2D eigenvalue weighted by atomic mass is 10.1. The number of likely N-dealkylation sites (N-methyl/N-ethyl adjacent to an activating group) is 1. The first-order chi connectivity index (χ1) is 14.0. The van der Waals surface area contributed by atoms with Gasteiger partial charge < -0.3 is 9.84 Å². The van der Waals surface area contributed by atoms with E-state index in [-0.39, 0.29) is 6.04 Å². The van der Waals surface area contributed by atoms with E-state index in [9.17, 15) is 0 Å². The van der Waals surface area contributed by atoms with E-state index in [1.807, 2.05) is 23.8 Å². The molecular weight excluding hydrogens is 364 g/mol. The maximum atomic E-state index is 5.45. The van der Waals surface area contributed by atoms with Crippen molar-refractivity contribution in [1.82, 2.24) is 30.1 Å². The molecule has 3 heterocycles. The molecule has 1 aliphatic heterocycles. The van der Waals surface area contributed by atoms with Gasteiger partial charge in [-0.2, -0.15) is 10.1 Å². The Kier molecular flexibility index (Phi) is 5.60. The Hall–Kier alpha value is -2.77. The molecule has 1 unspecified atom stereocenters. The van der Waals surface area contributed by atoms with Crippen LogP contribution in [0.4, 0.5) is 0 Å². The predicted molar refractivity (Wildman–Crippen MR) is 113 cm³/mol. The second-order valence-corrected chi connectivity index (χ2v) is 7.75. The monoisotopic (exact) mass is 392 g/mol. The number of hydrogen-bond donors (Lipinski definition) is 1. The van der Waals surface area contributed by atoms with Crippen LogP contribution >= 0.6 is 0 Å². The third-order valence-corrected chi connectivity index (χ3v) is 5.55. The molecule has 1 N–H and O–H groups in total. The summed E-state index contributed by atoms with van der Waals surface area (Å²) >= 11 is 0. The van der Waals surface area contributed by atoms with Crippen molar-refractivity contribution in [1.29, 1.82) is 0 Å². The van der Waals surface area contributed by atoms with Crippen LogP contribution in [0.1, 0.15) is 45.8 Å². The minimum absolute atomic E-state index is 0.149. The molecule has 29 heavy (non-hydrogen) atoms. The zero-order valence-corrected chi connectivity index (χ0v) is 17.5. The quantitative estimate of drug-likeness (QED) is 0.720. The minimum Gasteiger partial charge on any atom is -0.335 e. The van der Waals surface area contributed by atoms with Crippen LogP contribution in [0.2, 0.25) is 0 Å². The molecule has 0 spiro atoms. The summed E-state index contributed by atoms with van der Waals surface area (Å²) in [6.45, 7) is 9.78. The second kappa shape index (κ2) is 8.31. The van der Waals surface area contributed by atoms with Gasteiger partial charge in [0.2, 0.25) is 0 Å². The summed E-state index contributed by atoms with van der Waals surface area (Å²) < 4.78 is 7.49. The van der Waals surface area contributed by atoms with Crippen molar-refractivity contribution in [3.8, 4) is 0 Å². The zero-order chi connectivity index (χ0) is 20.4. The molecule has 0 aliphatic carbocycles. The van der Waals surface area contributed by atoms with Crippen LogP contribution in [0.15, 0.2) is 28.8 Å². The van der Waals surface area contributed by atoms with E-state index < -0.39 is 0 Å². The average Bonchev–Trinajstić information content (AvgIpc) is 3.27. The normalized spacial score (nSPS) is 18.0. The number of nitrogens with zero attached hydrogens (tertiary/aromatic N) is 5. The summed E-state index contributed by atoms with van der Waals surface area (Å²) in [7, 11) is 2.09. The van der Waals surface area contributed by atoms with Crippen LogP contribution < -0.4 is 5.32 Å². The van der Waals surface area contributed by atoms with Gasteiger partial charge in [0.05, 0.1) is 18.3 Å². The molecule has 4 rings (SSSR count). The van der Waals surface area contributed by atoms with E-state index in [2.05, 4.69) is 65.5 Å². The highest BCUT2D eigenvalue weighted by atomic mass is 16.5. The van der Waals surface area contributed by atoms with Gasteiger partial charge in [0.15, 0.2) is 5.82 Å². The number of nitrogens with one attached hydrogen (secondary N) is 1. The van der Waals surface area contributed by atoms with Crippen LogP contribution in [0.3, 0.4) is 0 Å². The third kappa shape index (κ3) is 4.31. The number of rotatable bonds is 5. The maximum Gasteiger partial charge on any atom is 0.250 e. The molecule has 1 atom stereocenters. The van der Waals surface area contributed by atoms with E-state index in [1.54, 1.807) is 0 Å². The maximum absolute atomic E-state index is 5.45. The molecule has 1 aromatic carbocycles. The van der Waals surface area contributed by atoms with Gasteiger partial charge in [0.1, 0.15) is 0 Å². The number of hydrogen-bond acceptors (Lipinski definition) is 6. The van der Waals surface area contributed by atoms with Gasteiger partial charge in [0, 0.05) is 37.0 Å². The molecule has 3 aromatic rings. The lowest BCUT2D eigenvalue weighted by Gasteiger charge is -2.30. The topological polar surface area (TPSA) is 72.0 Å². The van der Waals surface area contributed by atoms with Gasteiger partial charge in [-0.15, -0.1) is 0 Å². The number of aromatic nitrogens is 4. The minimum atomic E-state index is 0.149. The predicted octanol–water partition coefficient (Wildman–Crippen LogP) is 2.99. The Morgan fingerprint density at radius 1 is 1.17 bits per heavy atom.